The average molecular weight is 278 g/mol. The summed E-state index contributed by atoms with van der Waals surface area (Å²) in [4.78, 5) is 28.4. The number of carbonyl (C=O) groups is 2. The highest BCUT2D eigenvalue weighted by molar-refractivity contribution is 5.96. The van der Waals surface area contributed by atoms with E-state index < -0.39 is 11.9 Å². The van der Waals surface area contributed by atoms with Crippen LogP contribution in [-0.2, 0) is 4.79 Å². The van der Waals surface area contributed by atoms with Crippen molar-refractivity contribution in [2.24, 2.45) is 0 Å². The van der Waals surface area contributed by atoms with Crippen molar-refractivity contribution in [2.45, 2.75) is 13.3 Å². The molecule has 6 nitrogen and oxygen atoms in total. The number of pyridine rings is 1. The number of carboxylic acids is 1. The van der Waals surface area contributed by atoms with E-state index in [0.29, 0.717) is 18.7 Å². The largest absolute Gasteiger partial charge is 0.487 e. The second-order valence-electron chi connectivity index (χ2n) is 4.07. The monoisotopic (exact) mass is 278 g/mol. The molecule has 6 heteroatoms. The second-order valence-corrected chi connectivity index (χ2v) is 4.07. The van der Waals surface area contributed by atoms with Gasteiger partial charge in [-0.25, -0.2) is 4.98 Å². The molecule has 0 spiro atoms. The van der Waals surface area contributed by atoms with E-state index in [1.165, 1.54) is 11.1 Å². The SMILES string of the molecule is C=CCOc1cccnc1C(=O)N(CCC)CC(=O)O. The molecule has 0 unspecified atom stereocenters. The fourth-order valence-electron chi connectivity index (χ4n) is 1.65. The summed E-state index contributed by atoms with van der Waals surface area (Å²) >= 11 is 0. The molecule has 0 radical (unpaired) electrons. The van der Waals surface area contributed by atoms with Gasteiger partial charge in [0.2, 0.25) is 0 Å². The highest BCUT2D eigenvalue weighted by Gasteiger charge is 2.22. The quantitative estimate of drug-likeness (QED) is 0.730. The molecule has 0 aliphatic rings. The molecule has 0 aliphatic heterocycles. The Hall–Kier alpha value is -2.37. The van der Waals surface area contributed by atoms with Gasteiger partial charge in [0.25, 0.3) is 5.91 Å². The summed E-state index contributed by atoms with van der Waals surface area (Å²) in [6.45, 7) is 5.65. The molecule has 1 aromatic rings. The van der Waals surface area contributed by atoms with Gasteiger partial charge in [0.05, 0.1) is 0 Å². The number of rotatable bonds is 8. The van der Waals surface area contributed by atoms with Crippen molar-refractivity contribution in [3.63, 3.8) is 0 Å². The molecule has 20 heavy (non-hydrogen) atoms. The van der Waals surface area contributed by atoms with E-state index in [1.54, 1.807) is 18.2 Å². The Morgan fingerprint density at radius 1 is 1.55 bits per heavy atom. The van der Waals surface area contributed by atoms with Crippen molar-refractivity contribution in [3.05, 3.63) is 36.7 Å². The van der Waals surface area contributed by atoms with E-state index in [-0.39, 0.29) is 18.8 Å². The fourth-order valence-corrected chi connectivity index (χ4v) is 1.65. The van der Waals surface area contributed by atoms with Crippen LogP contribution in [0.15, 0.2) is 31.0 Å². The van der Waals surface area contributed by atoms with Crippen LogP contribution in [0.25, 0.3) is 0 Å². The lowest BCUT2D eigenvalue weighted by molar-refractivity contribution is -0.137. The number of aromatic nitrogens is 1. The molecule has 0 saturated heterocycles. The zero-order valence-electron chi connectivity index (χ0n) is 11.4. The van der Waals surface area contributed by atoms with E-state index in [2.05, 4.69) is 11.6 Å². The fraction of sp³-hybridized carbons (Fsp3) is 0.357. The molecule has 0 aromatic carbocycles. The number of carboxylic acid groups (broad SMARTS) is 1. The zero-order valence-corrected chi connectivity index (χ0v) is 11.4. The van der Waals surface area contributed by atoms with E-state index in [1.807, 2.05) is 6.92 Å². The van der Waals surface area contributed by atoms with Crippen LogP contribution in [0.1, 0.15) is 23.8 Å². The van der Waals surface area contributed by atoms with Gasteiger partial charge in [-0.05, 0) is 18.6 Å². The van der Waals surface area contributed by atoms with Crippen LogP contribution in [0.4, 0.5) is 0 Å². The van der Waals surface area contributed by atoms with Crippen molar-refractivity contribution in [1.82, 2.24) is 9.88 Å². The van der Waals surface area contributed by atoms with Crippen molar-refractivity contribution >= 4 is 11.9 Å². The Kier molecular flexibility index (Phi) is 6.22. The normalized spacial score (nSPS) is 9.85. The first-order valence-electron chi connectivity index (χ1n) is 6.30. The van der Waals surface area contributed by atoms with E-state index in [0.717, 1.165) is 0 Å². The number of ether oxygens (including phenoxy) is 1. The minimum absolute atomic E-state index is 0.115. The Balaban J connectivity index is 2.98. The molecule has 0 atom stereocenters. The first-order chi connectivity index (χ1) is 9.60. The van der Waals surface area contributed by atoms with Gasteiger partial charge in [0.15, 0.2) is 11.4 Å². The zero-order chi connectivity index (χ0) is 15.0. The van der Waals surface area contributed by atoms with Crippen LogP contribution >= 0.6 is 0 Å². The van der Waals surface area contributed by atoms with Gasteiger partial charge in [0.1, 0.15) is 13.2 Å². The second kappa shape index (κ2) is 7.93. The number of carbonyl (C=O) groups excluding carboxylic acids is 1. The van der Waals surface area contributed by atoms with Gasteiger partial charge >= 0.3 is 5.97 Å². The molecule has 1 N–H and O–H groups in total. The average Bonchev–Trinajstić information content (AvgIpc) is 2.44. The van der Waals surface area contributed by atoms with Gasteiger partial charge in [-0.2, -0.15) is 0 Å². The standard InChI is InChI=1S/C14H18N2O4/c1-3-8-16(10-12(17)18)14(19)13-11(20-9-4-2)6-5-7-15-13/h4-7H,2-3,8-10H2,1H3,(H,17,18). The van der Waals surface area contributed by atoms with Crippen molar-refractivity contribution in [1.29, 1.82) is 0 Å². The summed E-state index contributed by atoms with van der Waals surface area (Å²) in [5, 5.41) is 8.86. The summed E-state index contributed by atoms with van der Waals surface area (Å²) < 4.78 is 5.37. The van der Waals surface area contributed by atoms with Gasteiger partial charge in [-0.15, -0.1) is 0 Å². The van der Waals surface area contributed by atoms with Crippen LogP contribution in [0.3, 0.4) is 0 Å². The minimum Gasteiger partial charge on any atom is -0.487 e. The summed E-state index contributed by atoms with van der Waals surface area (Å²) in [5.41, 5.74) is 0.115. The molecular weight excluding hydrogens is 260 g/mol. The Morgan fingerprint density at radius 3 is 2.90 bits per heavy atom. The molecule has 0 aliphatic carbocycles. The number of aliphatic carboxylic acids is 1. The van der Waals surface area contributed by atoms with Crippen molar-refractivity contribution in [3.8, 4) is 5.75 Å². The number of hydrogen-bond acceptors (Lipinski definition) is 4. The number of hydrogen-bond donors (Lipinski definition) is 1. The van der Waals surface area contributed by atoms with Crippen LogP contribution in [0, 0.1) is 0 Å². The maximum Gasteiger partial charge on any atom is 0.323 e. The van der Waals surface area contributed by atoms with Gasteiger partial charge in [0, 0.05) is 12.7 Å². The lowest BCUT2D eigenvalue weighted by Crippen LogP contribution is -2.37. The maximum absolute atomic E-state index is 12.3. The van der Waals surface area contributed by atoms with Gasteiger partial charge < -0.3 is 14.7 Å². The molecule has 0 saturated carbocycles. The first-order valence-corrected chi connectivity index (χ1v) is 6.30. The molecule has 0 bridgehead atoms. The molecular formula is C14H18N2O4. The molecule has 1 aromatic heterocycles. The van der Waals surface area contributed by atoms with Crippen LogP contribution in [-0.4, -0.2) is 46.6 Å². The van der Waals surface area contributed by atoms with Crippen molar-refractivity contribution < 1.29 is 19.4 Å². The molecule has 1 rings (SSSR count). The van der Waals surface area contributed by atoms with E-state index in [4.69, 9.17) is 9.84 Å². The third-order valence-corrected chi connectivity index (χ3v) is 2.44. The van der Waals surface area contributed by atoms with Crippen LogP contribution in [0.5, 0.6) is 5.75 Å². The Bertz CT molecular complexity index is 488. The highest BCUT2D eigenvalue weighted by atomic mass is 16.5. The number of amides is 1. The summed E-state index contributed by atoms with van der Waals surface area (Å²) in [5.74, 6) is -1.19. The first kappa shape index (κ1) is 15.7. The predicted molar refractivity (Wildman–Crippen MR) is 73.8 cm³/mol. The maximum atomic E-state index is 12.3. The van der Waals surface area contributed by atoms with Crippen LogP contribution in [0.2, 0.25) is 0 Å². The highest BCUT2D eigenvalue weighted by Crippen LogP contribution is 2.17. The molecule has 1 amide bonds. The Morgan fingerprint density at radius 2 is 2.30 bits per heavy atom. The van der Waals surface area contributed by atoms with Gasteiger partial charge in [-0.1, -0.05) is 19.6 Å². The summed E-state index contributed by atoms with van der Waals surface area (Å²) in [7, 11) is 0. The smallest absolute Gasteiger partial charge is 0.323 e. The lowest BCUT2D eigenvalue weighted by Gasteiger charge is -2.20. The molecule has 1 heterocycles. The van der Waals surface area contributed by atoms with Gasteiger partial charge in [-0.3, -0.25) is 9.59 Å². The summed E-state index contributed by atoms with van der Waals surface area (Å²) in [6.07, 6.45) is 3.69. The molecule has 0 fully saturated rings. The van der Waals surface area contributed by atoms with Crippen molar-refractivity contribution in [2.75, 3.05) is 19.7 Å². The topological polar surface area (TPSA) is 79.7 Å². The third-order valence-electron chi connectivity index (χ3n) is 2.44. The van der Waals surface area contributed by atoms with Crippen LogP contribution < -0.4 is 4.74 Å². The third kappa shape index (κ3) is 4.38. The summed E-state index contributed by atoms with van der Waals surface area (Å²) in [6, 6.07) is 3.27. The Labute approximate surface area is 117 Å². The number of nitrogens with zero attached hydrogens (tertiary/aromatic N) is 2. The molecule has 108 valence electrons. The minimum atomic E-state index is -1.06. The van der Waals surface area contributed by atoms with E-state index in [9.17, 15) is 9.59 Å². The van der Waals surface area contributed by atoms with E-state index >= 15 is 0 Å². The lowest BCUT2D eigenvalue weighted by atomic mass is 10.2. The predicted octanol–water partition coefficient (Wildman–Crippen LogP) is 1.58.